The van der Waals surface area contributed by atoms with Crippen LogP contribution in [0.5, 0.6) is 0 Å². The van der Waals surface area contributed by atoms with Gasteiger partial charge in [-0.05, 0) is 46.1 Å². The Hall–Kier alpha value is -0.0800. The van der Waals surface area contributed by atoms with Crippen LogP contribution in [0.15, 0.2) is 0 Å². The highest BCUT2D eigenvalue weighted by atomic mass is 16.5. The lowest BCUT2D eigenvalue weighted by atomic mass is 9.93. The first kappa shape index (κ1) is 12.9. The first-order chi connectivity index (χ1) is 6.18. The van der Waals surface area contributed by atoms with Gasteiger partial charge in [-0.25, -0.2) is 0 Å². The van der Waals surface area contributed by atoms with Gasteiger partial charge in [0.05, 0.1) is 5.60 Å². The van der Waals surface area contributed by atoms with Crippen LogP contribution in [0.4, 0.5) is 0 Å². The van der Waals surface area contributed by atoms with Gasteiger partial charge >= 0.3 is 0 Å². The van der Waals surface area contributed by atoms with Crippen molar-refractivity contribution in [1.82, 2.24) is 0 Å². The number of ether oxygens (including phenoxy) is 1. The first-order valence-electron chi connectivity index (χ1n) is 5.52. The van der Waals surface area contributed by atoms with Gasteiger partial charge in [0.25, 0.3) is 0 Å². The van der Waals surface area contributed by atoms with E-state index in [1.54, 1.807) is 0 Å². The number of nitrogens with two attached hydrogens (primary N) is 1. The van der Waals surface area contributed by atoms with Crippen molar-refractivity contribution in [2.24, 2.45) is 5.73 Å². The lowest BCUT2D eigenvalue weighted by Crippen LogP contribution is -2.28. The van der Waals surface area contributed by atoms with E-state index in [-0.39, 0.29) is 5.60 Å². The van der Waals surface area contributed by atoms with Gasteiger partial charge in [-0.1, -0.05) is 13.3 Å². The first-order valence-corrected chi connectivity index (χ1v) is 5.52. The Kier molecular flexibility index (Phi) is 7.29. The highest BCUT2D eigenvalue weighted by molar-refractivity contribution is 4.74. The normalized spacial score (nSPS) is 15.7. The molecule has 13 heavy (non-hydrogen) atoms. The molecule has 0 aromatic heterocycles. The average Bonchev–Trinajstić information content (AvgIpc) is 2.05. The topological polar surface area (TPSA) is 35.2 Å². The summed E-state index contributed by atoms with van der Waals surface area (Å²) in [5, 5.41) is 0. The van der Waals surface area contributed by atoms with Crippen LogP contribution < -0.4 is 5.73 Å². The Labute approximate surface area is 82.8 Å². The molecule has 0 fully saturated rings. The molecular formula is C11H25NO. The molecule has 0 rings (SSSR count). The van der Waals surface area contributed by atoms with E-state index in [2.05, 4.69) is 20.8 Å². The summed E-state index contributed by atoms with van der Waals surface area (Å²) in [4.78, 5) is 0. The Morgan fingerprint density at radius 3 is 2.31 bits per heavy atom. The number of hydrogen-bond acceptors (Lipinski definition) is 2. The quantitative estimate of drug-likeness (QED) is 0.593. The van der Waals surface area contributed by atoms with Crippen LogP contribution >= 0.6 is 0 Å². The van der Waals surface area contributed by atoms with Gasteiger partial charge in [0.15, 0.2) is 0 Å². The van der Waals surface area contributed by atoms with Crippen LogP contribution in [0.25, 0.3) is 0 Å². The molecule has 0 aliphatic heterocycles. The predicted octanol–water partition coefficient (Wildman–Crippen LogP) is 2.71. The number of rotatable bonds is 8. The van der Waals surface area contributed by atoms with E-state index in [0.29, 0.717) is 0 Å². The van der Waals surface area contributed by atoms with E-state index in [1.807, 2.05) is 0 Å². The fraction of sp³-hybridized carbons (Fsp3) is 1.00. The number of unbranched alkanes of at least 4 members (excludes halogenated alkanes) is 1. The zero-order valence-electron chi connectivity index (χ0n) is 9.44. The molecule has 0 aromatic rings. The van der Waals surface area contributed by atoms with Gasteiger partial charge in [-0.2, -0.15) is 0 Å². The van der Waals surface area contributed by atoms with E-state index in [4.69, 9.17) is 10.5 Å². The summed E-state index contributed by atoms with van der Waals surface area (Å²) < 4.78 is 5.78. The van der Waals surface area contributed by atoms with Crippen molar-refractivity contribution in [3.8, 4) is 0 Å². The van der Waals surface area contributed by atoms with Crippen molar-refractivity contribution in [2.75, 3.05) is 13.2 Å². The third-order valence-electron chi connectivity index (χ3n) is 2.43. The molecule has 0 saturated heterocycles. The zero-order chi connectivity index (χ0) is 10.2. The van der Waals surface area contributed by atoms with E-state index in [1.165, 1.54) is 12.8 Å². The van der Waals surface area contributed by atoms with Gasteiger partial charge in [-0.3, -0.25) is 0 Å². The van der Waals surface area contributed by atoms with E-state index in [0.717, 1.165) is 32.4 Å². The lowest BCUT2D eigenvalue weighted by molar-refractivity contribution is -0.0389. The SMILES string of the molecule is CCCC(C)(CCCCN)OCC. The van der Waals surface area contributed by atoms with Gasteiger partial charge in [-0.15, -0.1) is 0 Å². The summed E-state index contributed by atoms with van der Waals surface area (Å²) in [6.45, 7) is 8.11. The second-order valence-corrected chi connectivity index (χ2v) is 3.88. The second-order valence-electron chi connectivity index (χ2n) is 3.88. The molecule has 0 amide bonds. The minimum absolute atomic E-state index is 0.0959. The fourth-order valence-corrected chi connectivity index (χ4v) is 1.79. The summed E-state index contributed by atoms with van der Waals surface area (Å²) in [6, 6.07) is 0. The Morgan fingerprint density at radius 1 is 1.15 bits per heavy atom. The molecule has 2 N–H and O–H groups in total. The zero-order valence-corrected chi connectivity index (χ0v) is 9.44. The van der Waals surface area contributed by atoms with Crippen LogP contribution in [0.3, 0.4) is 0 Å². The van der Waals surface area contributed by atoms with Gasteiger partial charge in [0, 0.05) is 6.61 Å². The average molecular weight is 187 g/mol. The molecule has 2 heteroatoms. The van der Waals surface area contributed by atoms with Crippen molar-refractivity contribution >= 4 is 0 Å². The molecule has 0 aromatic carbocycles. The second kappa shape index (κ2) is 7.34. The molecule has 0 spiro atoms. The largest absolute Gasteiger partial charge is 0.376 e. The minimum Gasteiger partial charge on any atom is -0.376 e. The van der Waals surface area contributed by atoms with Crippen molar-refractivity contribution in [1.29, 1.82) is 0 Å². The van der Waals surface area contributed by atoms with Gasteiger partial charge in [0.2, 0.25) is 0 Å². The van der Waals surface area contributed by atoms with Crippen LogP contribution in [0.1, 0.15) is 52.9 Å². The van der Waals surface area contributed by atoms with Crippen LogP contribution in [0, 0.1) is 0 Å². The van der Waals surface area contributed by atoms with Crippen LogP contribution in [-0.2, 0) is 4.74 Å². The molecule has 1 unspecified atom stereocenters. The van der Waals surface area contributed by atoms with Crippen molar-refractivity contribution in [3.63, 3.8) is 0 Å². The molecular weight excluding hydrogens is 162 g/mol. The van der Waals surface area contributed by atoms with Crippen molar-refractivity contribution < 1.29 is 4.74 Å². The molecule has 0 radical (unpaired) electrons. The molecule has 0 heterocycles. The Bertz CT molecular complexity index is 109. The fourth-order valence-electron chi connectivity index (χ4n) is 1.79. The predicted molar refractivity (Wildman–Crippen MR) is 57.8 cm³/mol. The maximum Gasteiger partial charge on any atom is 0.0654 e. The van der Waals surface area contributed by atoms with Gasteiger partial charge < -0.3 is 10.5 Å². The standard InChI is InChI=1S/C11H25NO/c1-4-8-11(3,13-5-2)9-6-7-10-12/h4-10,12H2,1-3H3. The maximum absolute atomic E-state index is 5.78. The van der Waals surface area contributed by atoms with E-state index >= 15 is 0 Å². The van der Waals surface area contributed by atoms with E-state index < -0.39 is 0 Å². The third kappa shape index (κ3) is 6.05. The molecule has 2 nitrogen and oxygen atoms in total. The smallest absolute Gasteiger partial charge is 0.0654 e. The summed E-state index contributed by atoms with van der Waals surface area (Å²) in [5.41, 5.74) is 5.56. The molecule has 80 valence electrons. The minimum atomic E-state index is 0.0959. The molecule has 0 bridgehead atoms. The van der Waals surface area contributed by atoms with E-state index in [9.17, 15) is 0 Å². The molecule has 0 saturated carbocycles. The van der Waals surface area contributed by atoms with Crippen LogP contribution in [-0.4, -0.2) is 18.8 Å². The highest BCUT2D eigenvalue weighted by Gasteiger charge is 2.22. The monoisotopic (exact) mass is 187 g/mol. The molecule has 0 aliphatic carbocycles. The van der Waals surface area contributed by atoms with Gasteiger partial charge in [0.1, 0.15) is 0 Å². The summed E-state index contributed by atoms with van der Waals surface area (Å²) in [5.74, 6) is 0. The Morgan fingerprint density at radius 2 is 1.85 bits per heavy atom. The Balaban J connectivity index is 3.76. The maximum atomic E-state index is 5.78. The molecule has 0 aliphatic rings. The summed E-state index contributed by atoms with van der Waals surface area (Å²) in [7, 11) is 0. The molecule has 1 atom stereocenters. The van der Waals surface area contributed by atoms with Crippen molar-refractivity contribution in [2.45, 2.75) is 58.5 Å². The van der Waals surface area contributed by atoms with Crippen LogP contribution in [0.2, 0.25) is 0 Å². The number of hydrogen-bond donors (Lipinski definition) is 1. The highest BCUT2D eigenvalue weighted by Crippen LogP contribution is 2.24. The summed E-state index contributed by atoms with van der Waals surface area (Å²) >= 11 is 0. The third-order valence-corrected chi connectivity index (χ3v) is 2.43. The summed E-state index contributed by atoms with van der Waals surface area (Å²) in [6.07, 6.45) is 5.80. The lowest BCUT2D eigenvalue weighted by Gasteiger charge is -2.29. The van der Waals surface area contributed by atoms with Crippen molar-refractivity contribution in [3.05, 3.63) is 0 Å².